The number of benzene rings is 3. The van der Waals surface area contributed by atoms with Gasteiger partial charge in [-0.05, 0) is 54.1 Å². The first kappa shape index (κ1) is 22.2. The maximum atomic E-state index is 13.2. The van der Waals surface area contributed by atoms with Gasteiger partial charge in [0.15, 0.2) is 5.76 Å². The Morgan fingerprint density at radius 1 is 0.943 bits per heavy atom. The Kier molecular flexibility index (Phi) is 5.93. The smallest absolute Gasteiger partial charge is 0.256 e. The van der Waals surface area contributed by atoms with Gasteiger partial charge in [0.25, 0.3) is 5.91 Å². The van der Waals surface area contributed by atoms with Crippen LogP contribution in [0.3, 0.4) is 0 Å². The largest absolute Gasteiger partial charge is 0.436 e. The second-order valence-electron chi connectivity index (χ2n) is 8.11. The number of carbonyl (C=O) groups is 3. The molecule has 0 atom stereocenters. The summed E-state index contributed by atoms with van der Waals surface area (Å²) >= 11 is 0. The molecule has 1 saturated heterocycles. The Hall–Kier alpha value is -4.59. The summed E-state index contributed by atoms with van der Waals surface area (Å²) in [6.45, 7) is 0.218. The van der Waals surface area contributed by atoms with E-state index in [0.717, 1.165) is 5.56 Å². The van der Waals surface area contributed by atoms with Gasteiger partial charge in [-0.25, -0.2) is 9.37 Å². The van der Waals surface area contributed by atoms with Gasteiger partial charge in [0.2, 0.25) is 17.7 Å². The minimum absolute atomic E-state index is 0.168. The van der Waals surface area contributed by atoms with Gasteiger partial charge in [-0.15, -0.1) is 0 Å². The number of rotatable bonds is 6. The van der Waals surface area contributed by atoms with Crippen molar-refractivity contribution in [3.05, 3.63) is 95.9 Å². The third-order valence-corrected chi connectivity index (χ3v) is 5.74. The molecule has 7 nitrogen and oxygen atoms in total. The zero-order valence-corrected chi connectivity index (χ0v) is 18.5. The number of hydrogen-bond acceptors (Lipinski definition) is 5. The van der Waals surface area contributed by atoms with Crippen LogP contribution in [0.1, 0.15) is 28.8 Å². The fourth-order valence-corrected chi connectivity index (χ4v) is 3.89. The van der Waals surface area contributed by atoms with Crippen molar-refractivity contribution in [3.63, 3.8) is 0 Å². The summed E-state index contributed by atoms with van der Waals surface area (Å²) in [5.74, 6) is -0.302. The molecule has 8 heteroatoms. The van der Waals surface area contributed by atoms with Gasteiger partial charge in [-0.2, -0.15) is 0 Å². The van der Waals surface area contributed by atoms with Gasteiger partial charge in [0.05, 0.1) is 18.3 Å². The maximum Gasteiger partial charge on any atom is 0.256 e. The van der Waals surface area contributed by atoms with Gasteiger partial charge in [-0.1, -0.05) is 24.3 Å². The van der Waals surface area contributed by atoms with Gasteiger partial charge >= 0.3 is 0 Å². The quantitative estimate of drug-likeness (QED) is 0.399. The molecule has 1 N–H and O–H groups in total. The number of halogens is 1. The molecule has 5 rings (SSSR count). The number of anilines is 1. The predicted octanol–water partition coefficient (Wildman–Crippen LogP) is 5.05. The van der Waals surface area contributed by atoms with Crippen LogP contribution in [-0.4, -0.2) is 27.6 Å². The lowest BCUT2D eigenvalue weighted by Crippen LogP contribution is -2.28. The van der Waals surface area contributed by atoms with Crippen molar-refractivity contribution in [2.24, 2.45) is 0 Å². The summed E-state index contributed by atoms with van der Waals surface area (Å²) in [5.41, 5.74) is 2.91. The van der Waals surface area contributed by atoms with E-state index in [1.54, 1.807) is 60.7 Å². The molecule has 1 aliphatic heterocycles. The topological polar surface area (TPSA) is 92.5 Å². The van der Waals surface area contributed by atoms with Gasteiger partial charge < -0.3 is 9.73 Å². The van der Waals surface area contributed by atoms with Crippen molar-refractivity contribution < 1.29 is 23.2 Å². The standard InChI is InChI=1S/C27H20FN3O4/c28-19-9-7-18(8-10-19)23-15-29-27(35-23)22-4-2-1-3-21(22)26(34)30-20-11-5-17(6-12-20)16-31-24(32)13-14-25(31)33/h1-12,15H,13-14,16H2,(H,30,34). The number of oxazole rings is 1. The third-order valence-electron chi connectivity index (χ3n) is 5.74. The number of nitrogens with one attached hydrogen (secondary N) is 1. The number of aromatic nitrogens is 1. The van der Waals surface area contributed by atoms with E-state index in [2.05, 4.69) is 10.3 Å². The first-order valence-corrected chi connectivity index (χ1v) is 11.0. The number of likely N-dealkylation sites (tertiary alicyclic amines) is 1. The molecule has 174 valence electrons. The molecule has 4 aromatic rings. The molecule has 2 heterocycles. The maximum absolute atomic E-state index is 13.2. The van der Waals surface area contributed by atoms with Crippen molar-refractivity contribution in [2.75, 3.05) is 5.32 Å². The number of carbonyl (C=O) groups excluding carboxylic acids is 3. The fraction of sp³-hybridized carbons (Fsp3) is 0.111. The van der Waals surface area contributed by atoms with Crippen LogP contribution >= 0.6 is 0 Å². The normalized spacial score (nSPS) is 13.3. The lowest BCUT2D eigenvalue weighted by Gasteiger charge is -2.14. The van der Waals surface area contributed by atoms with Gasteiger partial charge in [0, 0.05) is 29.7 Å². The average molecular weight is 469 g/mol. The molecular formula is C27H20FN3O4. The highest BCUT2D eigenvalue weighted by Crippen LogP contribution is 2.29. The van der Waals surface area contributed by atoms with Crippen LogP contribution in [0.25, 0.3) is 22.8 Å². The molecule has 0 unspecified atom stereocenters. The number of nitrogens with zero attached hydrogens (tertiary/aromatic N) is 2. The molecule has 3 aromatic carbocycles. The summed E-state index contributed by atoms with van der Waals surface area (Å²) in [6.07, 6.45) is 2.04. The second kappa shape index (κ2) is 9.34. The van der Waals surface area contributed by atoms with E-state index >= 15 is 0 Å². The Morgan fingerprint density at radius 2 is 1.63 bits per heavy atom. The summed E-state index contributed by atoms with van der Waals surface area (Å²) < 4.78 is 19.1. The first-order valence-electron chi connectivity index (χ1n) is 11.0. The van der Waals surface area contributed by atoms with E-state index in [1.165, 1.54) is 23.2 Å². The minimum atomic E-state index is -0.347. The van der Waals surface area contributed by atoms with Crippen molar-refractivity contribution in [2.45, 2.75) is 19.4 Å². The number of hydrogen-bond donors (Lipinski definition) is 1. The lowest BCUT2D eigenvalue weighted by molar-refractivity contribution is -0.139. The minimum Gasteiger partial charge on any atom is -0.436 e. The summed E-state index contributed by atoms with van der Waals surface area (Å²) in [4.78, 5) is 42.3. The van der Waals surface area contributed by atoms with E-state index in [-0.39, 0.29) is 48.8 Å². The van der Waals surface area contributed by atoms with Crippen LogP contribution in [0.5, 0.6) is 0 Å². The predicted molar refractivity (Wildman–Crippen MR) is 127 cm³/mol. The van der Waals surface area contributed by atoms with Crippen molar-refractivity contribution >= 4 is 23.4 Å². The Morgan fingerprint density at radius 3 is 2.34 bits per heavy atom. The van der Waals surface area contributed by atoms with E-state index in [0.29, 0.717) is 28.1 Å². The van der Waals surface area contributed by atoms with E-state index in [9.17, 15) is 18.8 Å². The Balaban J connectivity index is 1.32. The molecule has 35 heavy (non-hydrogen) atoms. The summed E-state index contributed by atoms with van der Waals surface area (Å²) in [6, 6.07) is 19.8. The molecule has 1 aliphatic rings. The highest BCUT2D eigenvalue weighted by molar-refractivity contribution is 6.08. The molecular weight excluding hydrogens is 449 g/mol. The summed E-state index contributed by atoms with van der Waals surface area (Å²) in [7, 11) is 0. The zero-order valence-electron chi connectivity index (χ0n) is 18.5. The Labute approximate surface area is 200 Å². The fourth-order valence-electron chi connectivity index (χ4n) is 3.89. The SMILES string of the molecule is O=C(Nc1ccc(CN2C(=O)CCC2=O)cc1)c1ccccc1-c1ncc(-c2ccc(F)cc2)o1. The third kappa shape index (κ3) is 4.72. The molecule has 0 bridgehead atoms. The molecule has 3 amide bonds. The lowest BCUT2D eigenvalue weighted by atomic mass is 10.1. The molecule has 0 aliphatic carbocycles. The number of amides is 3. The van der Waals surface area contributed by atoms with Crippen molar-refractivity contribution in [3.8, 4) is 22.8 Å². The molecule has 1 aromatic heterocycles. The highest BCUT2D eigenvalue weighted by atomic mass is 19.1. The van der Waals surface area contributed by atoms with Gasteiger partial charge in [-0.3, -0.25) is 19.3 Å². The van der Waals surface area contributed by atoms with E-state index < -0.39 is 0 Å². The Bertz CT molecular complexity index is 1400. The highest BCUT2D eigenvalue weighted by Gasteiger charge is 2.28. The van der Waals surface area contributed by atoms with Crippen molar-refractivity contribution in [1.82, 2.24) is 9.88 Å². The van der Waals surface area contributed by atoms with E-state index in [1.807, 2.05) is 0 Å². The van der Waals surface area contributed by atoms with Crippen LogP contribution in [0, 0.1) is 5.82 Å². The second-order valence-corrected chi connectivity index (χ2v) is 8.11. The van der Waals surface area contributed by atoms with Crippen LogP contribution < -0.4 is 5.32 Å². The number of imide groups is 1. The molecule has 0 saturated carbocycles. The van der Waals surface area contributed by atoms with Crippen LogP contribution in [0.4, 0.5) is 10.1 Å². The van der Waals surface area contributed by atoms with Crippen LogP contribution in [-0.2, 0) is 16.1 Å². The molecule has 0 spiro atoms. The van der Waals surface area contributed by atoms with Crippen LogP contribution in [0.2, 0.25) is 0 Å². The zero-order chi connectivity index (χ0) is 24.4. The monoisotopic (exact) mass is 469 g/mol. The van der Waals surface area contributed by atoms with E-state index in [4.69, 9.17) is 4.42 Å². The first-order chi connectivity index (χ1) is 17.0. The summed E-state index contributed by atoms with van der Waals surface area (Å²) in [5, 5.41) is 2.85. The average Bonchev–Trinajstić information content (AvgIpc) is 3.48. The van der Waals surface area contributed by atoms with Crippen molar-refractivity contribution in [1.29, 1.82) is 0 Å². The van der Waals surface area contributed by atoms with Gasteiger partial charge in [0.1, 0.15) is 5.82 Å². The van der Waals surface area contributed by atoms with Crippen LogP contribution in [0.15, 0.2) is 83.4 Å². The molecule has 0 radical (unpaired) electrons. The molecule has 1 fully saturated rings.